The summed E-state index contributed by atoms with van der Waals surface area (Å²) >= 11 is 0. The van der Waals surface area contributed by atoms with Crippen LogP contribution < -0.4 is 11.4 Å². The maximum atomic E-state index is 12.1. The molecule has 0 bridgehead atoms. The smallest absolute Gasteiger partial charge is 0.346 e. The van der Waals surface area contributed by atoms with E-state index < -0.39 is 41.5 Å². The van der Waals surface area contributed by atoms with Crippen LogP contribution in [0.4, 0.5) is 10.2 Å². The van der Waals surface area contributed by atoms with Crippen molar-refractivity contribution in [1.29, 1.82) is 0 Å². The van der Waals surface area contributed by atoms with Gasteiger partial charge < -0.3 is 25.1 Å². The lowest BCUT2D eigenvalue weighted by Crippen LogP contribution is -2.31. The van der Waals surface area contributed by atoms with E-state index in [0.29, 0.717) is 0 Å². The van der Waals surface area contributed by atoms with Gasteiger partial charge in [0.05, 0.1) is 19.0 Å². The molecule has 40 heavy (non-hydrogen) atoms. The number of unbranched alkanes of at least 4 members (excludes halogenated alkanes) is 8. The van der Waals surface area contributed by atoms with E-state index in [1.807, 2.05) is 4.98 Å². The minimum atomic E-state index is -1.11. The van der Waals surface area contributed by atoms with Gasteiger partial charge in [-0.2, -0.15) is 4.98 Å². The Hall–Kier alpha value is -3.51. The predicted octanol–water partition coefficient (Wildman–Crippen LogP) is 4.06. The van der Waals surface area contributed by atoms with Crippen LogP contribution in [-0.2, 0) is 33.4 Å². The summed E-state index contributed by atoms with van der Waals surface area (Å²) in [5.74, 6) is -3.64. The van der Waals surface area contributed by atoms with E-state index in [-0.39, 0.29) is 44.7 Å². The zero-order valence-corrected chi connectivity index (χ0v) is 23.6. The topological polar surface area (TPSA) is 188 Å². The van der Waals surface area contributed by atoms with Gasteiger partial charge in [-0.1, -0.05) is 65.2 Å². The molecule has 0 aliphatic heterocycles. The number of hydrogen-bond donors (Lipinski definition) is 3. The van der Waals surface area contributed by atoms with E-state index in [1.54, 1.807) is 0 Å². The molecule has 0 radical (unpaired) electrons. The van der Waals surface area contributed by atoms with Crippen molar-refractivity contribution in [3.8, 4) is 0 Å². The molecule has 0 atom stereocenters. The predicted molar refractivity (Wildman–Crippen MR) is 145 cm³/mol. The first-order valence-corrected chi connectivity index (χ1v) is 13.8. The number of nitrogen functional groups attached to an aromatic ring is 1. The lowest BCUT2D eigenvalue weighted by molar-refractivity contribution is -0.167. The number of carboxylic acids is 1. The first kappa shape index (κ1) is 36.5. The molecular formula is C27H44FN3O9. The largest absolute Gasteiger partial charge is 0.481 e. The molecule has 0 spiro atoms. The summed E-state index contributed by atoms with van der Waals surface area (Å²) in [6.45, 7) is 3.78. The maximum Gasteiger partial charge on any atom is 0.346 e. The van der Waals surface area contributed by atoms with Crippen molar-refractivity contribution in [1.82, 2.24) is 9.97 Å². The number of aromatic amines is 1. The van der Waals surface area contributed by atoms with Crippen LogP contribution in [-0.4, -0.2) is 58.3 Å². The minimum Gasteiger partial charge on any atom is -0.481 e. The number of ether oxygens (including phenoxy) is 3. The number of rotatable bonds is 20. The van der Waals surface area contributed by atoms with Gasteiger partial charge in [0.25, 0.3) is 0 Å². The highest BCUT2D eigenvalue weighted by atomic mass is 19.1. The van der Waals surface area contributed by atoms with E-state index in [4.69, 9.17) is 25.1 Å². The van der Waals surface area contributed by atoms with Crippen LogP contribution in [0.3, 0.4) is 0 Å². The van der Waals surface area contributed by atoms with Crippen LogP contribution in [0.2, 0.25) is 0 Å². The quantitative estimate of drug-likeness (QED) is 0.116. The highest BCUT2D eigenvalue weighted by molar-refractivity contribution is 5.76. The summed E-state index contributed by atoms with van der Waals surface area (Å²) in [6, 6.07) is 0. The Morgan fingerprint density at radius 2 is 1.35 bits per heavy atom. The lowest BCUT2D eigenvalue weighted by Gasteiger charge is -2.18. The number of halogens is 1. The number of nitrogens with two attached hydrogens (primary N) is 1. The molecule has 0 saturated carbocycles. The standard InChI is InChI=1S/C23H40O8.C4H4FN3O/c1-3-5-7-9-11-13-21(26)29-17-19(31-23(28)16-15-20(24)25)18-30-22(27)14-12-10-8-6-4-2;5-2-1-7-4(9)8-3(2)6/h19H,3-18H2,1-2H3,(H,24,25);1H,(H3,6,7,8,9). The maximum absolute atomic E-state index is 12.1. The van der Waals surface area contributed by atoms with E-state index in [9.17, 15) is 28.4 Å². The normalized spacial score (nSPS) is 10.4. The second-order valence-corrected chi connectivity index (χ2v) is 9.15. The van der Waals surface area contributed by atoms with Crippen molar-refractivity contribution in [2.45, 2.75) is 110 Å². The van der Waals surface area contributed by atoms with Crippen LogP contribution in [0, 0.1) is 5.82 Å². The van der Waals surface area contributed by atoms with Gasteiger partial charge in [-0.25, -0.2) is 9.18 Å². The Kier molecular flexibility index (Phi) is 21.3. The number of carboxylic acid groups (broad SMARTS) is 1. The number of nitrogens with zero attached hydrogens (tertiary/aromatic N) is 1. The van der Waals surface area contributed by atoms with Gasteiger partial charge in [-0.15, -0.1) is 0 Å². The highest BCUT2D eigenvalue weighted by Crippen LogP contribution is 2.09. The average Bonchev–Trinajstić information content (AvgIpc) is 2.91. The molecule has 1 aromatic heterocycles. The summed E-state index contributed by atoms with van der Waals surface area (Å²) in [7, 11) is 0. The van der Waals surface area contributed by atoms with Gasteiger partial charge in [0.1, 0.15) is 19.0 Å². The Balaban J connectivity index is 0.00000141. The van der Waals surface area contributed by atoms with E-state index >= 15 is 0 Å². The number of esters is 3. The van der Waals surface area contributed by atoms with Crippen LogP contribution >= 0.6 is 0 Å². The molecule has 0 aromatic carbocycles. The molecule has 1 rings (SSSR count). The van der Waals surface area contributed by atoms with Crippen LogP contribution in [0.15, 0.2) is 11.0 Å². The van der Waals surface area contributed by atoms with Gasteiger partial charge in [0, 0.05) is 12.8 Å². The molecule has 0 saturated heterocycles. The second-order valence-electron chi connectivity index (χ2n) is 9.15. The van der Waals surface area contributed by atoms with Gasteiger partial charge in [0.15, 0.2) is 11.9 Å². The van der Waals surface area contributed by atoms with Crippen molar-refractivity contribution in [2.24, 2.45) is 0 Å². The van der Waals surface area contributed by atoms with Crippen molar-refractivity contribution < 1.29 is 42.9 Å². The van der Waals surface area contributed by atoms with Crippen molar-refractivity contribution in [2.75, 3.05) is 18.9 Å². The van der Waals surface area contributed by atoms with Crippen LogP contribution in [0.25, 0.3) is 0 Å². The fourth-order valence-electron chi connectivity index (χ4n) is 3.22. The molecule has 1 aromatic rings. The third kappa shape index (κ3) is 21.4. The molecule has 0 fully saturated rings. The van der Waals surface area contributed by atoms with Crippen molar-refractivity contribution in [3.63, 3.8) is 0 Å². The zero-order chi connectivity index (χ0) is 30.2. The molecule has 12 nitrogen and oxygen atoms in total. The summed E-state index contributed by atoms with van der Waals surface area (Å²) in [5.41, 5.74) is 4.31. The molecule has 228 valence electrons. The minimum absolute atomic E-state index is 0.226. The number of carbonyl (C=O) groups excluding carboxylic acids is 3. The van der Waals surface area contributed by atoms with Gasteiger partial charge in [0.2, 0.25) is 0 Å². The number of H-pyrrole nitrogens is 1. The fourth-order valence-corrected chi connectivity index (χ4v) is 3.22. The molecule has 0 unspecified atom stereocenters. The molecule has 4 N–H and O–H groups in total. The van der Waals surface area contributed by atoms with Crippen LogP contribution in [0.5, 0.6) is 0 Å². The molecule has 1 heterocycles. The van der Waals surface area contributed by atoms with Gasteiger partial charge in [-0.05, 0) is 12.8 Å². The van der Waals surface area contributed by atoms with E-state index in [2.05, 4.69) is 18.8 Å². The Bertz CT molecular complexity index is 910. The third-order valence-corrected chi connectivity index (χ3v) is 5.46. The number of aliphatic carboxylic acids is 1. The number of aromatic nitrogens is 2. The number of nitrogens with one attached hydrogen (secondary N) is 1. The summed E-state index contributed by atoms with van der Waals surface area (Å²) < 4.78 is 27.6. The Labute approximate surface area is 234 Å². The van der Waals surface area contributed by atoms with E-state index in [0.717, 1.165) is 70.4 Å². The van der Waals surface area contributed by atoms with Crippen molar-refractivity contribution in [3.05, 3.63) is 22.5 Å². The number of anilines is 1. The summed E-state index contributed by atoms with van der Waals surface area (Å²) in [4.78, 5) is 61.5. The molecule has 0 amide bonds. The average molecular weight is 574 g/mol. The summed E-state index contributed by atoms with van der Waals surface area (Å²) in [5, 5.41) is 8.68. The fraction of sp³-hybridized carbons (Fsp3) is 0.704. The van der Waals surface area contributed by atoms with Gasteiger partial charge >= 0.3 is 29.6 Å². The SMILES string of the molecule is CCCCCCCC(=O)OCC(COC(=O)CCCCCCC)OC(=O)CCC(=O)O.Nc1[nH]c(=O)ncc1F. The Morgan fingerprint density at radius 3 is 1.77 bits per heavy atom. The molecule has 13 heteroatoms. The number of carbonyl (C=O) groups is 4. The van der Waals surface area contributed by atoms with Crippen LogP contribution in [0.1, 0.15) is 104 Å². The molecule has 0 aliphatic carbocycles. The molecule has 0 aliphatic rings. The molecular weight excluding hydrogens is 529 g/mol. The van der Waals surface area contributed by atoms with Gasteiger partial charge in [-0.3, -0.25) is 24.2 Å². The Morgan fingerprint density at radius 1 is 0.850 bits per heavy atom. The van der Waals surface area contributed by atoms with E-state index in [1.165, 1.54) is 0 Å². The lowest BCUT2D eigenvalue weighted by atomic mass is 10.1. The number of hydrogen-bond acceptors (Lipinski definition) is 10. The second kappa shape index (κ2) is 23.4. The first-order valence-electron chi connectivity index (χ1n) is 13.8. The highest BCUT2D eigenvalue weighted by Gasteiger charge is 2.20. The first-order chi connectivity index (χ1) is 19.1. The monoisotopic (exact) mass is 573 g/mol. The third-order valence-electron chi connectivity index (χ3n) is 5.46. The summed E-state index contributed by atoms with van der Waals surface area (Å²) in [6.07, 6.45) is 9.73. The zero-order valence-electron chi connectivity index (χ0n) is 23.6. The van der Waals surface area contributed by atoms with Crippen molar-refractivity contribution >= 4 is 29.7 Å².